The summed E-state index contributed by atoms with van der Waals surface area (Å²) >= 11 is 5.70. The van der Waals surface area contributed by atoms with E-state index in [1.54, 1.807) is 12.1 Å². The Labute approximate surface area is 112 Å². The van der Waals surface area contributed by atoms with Crippen LogP contribution in [-0.4, -0.2) is 9.91 Å². The summed E-state index contributed by atoms with van der Waals surface area (Å²) in [6.45, 7) is 0.0343. The summed E-state index contributed by atoms with van der Waals surface area (Å²) in [5.74, 6) is -0.730. The first kappa shape index (κ1) is 13.2. The molecule has 0 aliphatic rings. The molecule has 0 radical (unpaired) electrons. The monoisotopic (exact) mass is 282 g/mol. The van der Waals surface area contributed by atoms with Gasteiger partial charge < -0.3 is 4.74 Å². The third kappa shape index (κ3) is 3.38. The van der Waals surface area contributed by atoms with E-state index in [-0.39, 0.29) is 23.2 Å². The molecule has 98 valence electrons. The van der Waals surface area contributed by atoms with E-state index >= 15 is 0 Å². The summed E-state index contributed by atoms with van der Waals surface area (Å²) < 4.78 is 18.3. The molecule has 0 unspecified atom stereocenters. The molecule has 2 rings (SSSR count). The summed E-state index contributed by atoms with van der Waals surface area (Å²) in [6.07, 6.45) is 1.49. The number of rotatable bonds is 4. The van der Waals surface area contributed by atoms with Crippen LogP contribution in [0.3, 0.4) is 0 Å². The van der Waals surface area contributed by atoms with Gasteiger partial charge in [-0.25, -0.2) is 9.37 Å². The van der Waals surface area contributed by atoms with Crippen molar-refractivity contribution in [3.63, 3.8) is 0 Å². The number of nitro groups is 1. The number of hydrogen-bond donors (Lipinski definition) is 0. The Hall–Kier alpha value is -2.21. The molecule has 19 heavy (non-hydrogen) atoms. The van der Waals surface area contributed by atoms with Crippen molar-refractivity contribution in [3.05, 3.63) is 63.2 Å². The minimum absolute atomic E-state index is 0.0343. The topological polar surface area (TPSA) is 65.3 Å². The van der Waals surface area contributed by atoms with Crippen molar-refractivity contribution in [1.82, 2.24) is 4.98 Å². The molecule has 5 nitrogen and oxygen atoms in total. The number of halogens is 2. The molecule has 7 heteroatoms. The molecule has 1 aromatic carbocycles. The normalized spacial score (nSPS) is 10.2. The minimum atomic E-state index is -0.631. The minimum Gasteiger partial charge on any atom is -0.482 e. The van der Waals surface area contributed by atoms with Gasteiger partial charge in [-0.3, -0.25) is 10.1 Å². The highest BCUT2D eigenvalue weighted by atomic mass is 35.5. The summed E-state index contributed by atoms with van der Waals surface area (Å²) in [5, 5.41) is 11.1. The largest absolute Gasteiger partial charge is 0.482 e. The Morgan fingerprint density at radius 2 is 2.16 bits per heavy atom. The fourth-order valence-corrected chi connectivity index (χ4v) is 1.64. The van der Waals surface area contributed by atoms with E-state index in [1.807, 2.05) is 0 Å². The van der Waals surface area contributed by atoms with Crippen LogP contribution in [-0.2, 0) is 6.61 Å². The Morgan fingerprint density at radius 1 is 1.37 bits per heavy atom. The third-order valence-corrected chi connectivity index (χ3v) is 2.51. The second-order valence-corrected chi connectivity index (χ2v) is 4.03. The van der Waals surface area contributed by atoms with Crippen LogP contribution in [0.2, 0.25) is 5.15 Å². The molecule has 1 aromatic heterocycles. The number of benzene rings is 1. The van der Waals surface area contributed by atoms with E-state index in [0.717, 1.165) is 18.2 Å². The quantitative estimate of drug-likeness (QED) is 0.490. The second kappa shape index (κ2) is 5.62. The molecule has 2 aromatic rings. The van der Waals surface area contributed by atoms with E-state index in [1.165, 1.54) is 6.20 Å². The van der Waals surface area contributed by atoms with Crippen LogP contribution in [0, 0.1) is 15.9 Å². The van der Waals surface area contributed by atoms with Crippen LogP contribution in [0.5, 0.6) is 5.75 Å². The van der Waals surface area contributed by atoms with Crippen molar-refractivity contribution < 1.29 is 14.1 Å². The fraction of sp³-hybridized carbons (Fsp3) is 0.0833. The van der Waals surface area contributed by atoms with Gasteiger partial charge in [0.2, 0.25) is 0 Å². The predicted molar refractivity (Wildman–Crippen MR) is 66.6 cm³/mol. The maximum Gasteiger partial charge on any atom is 0.311 e. The van der Waals surface area contributed by atoms with Gasteiger partial charge in [0.25, 0.3) is 0 Å². The first-order valence-electron chi connectivity index (χ1n) is 5.23. The molecule has 0 N–H and O–H groups in total. The van der Waals surface area contributed by atoms with Crippen molar-refractivity contribution >= 4 is 17.3 Å². The molecule has 0 aliphatic heterocycles. The average Bonchev–Trinajstić information content (AvgIpc) is 2.36. The molecule has 0 spiro atoms. The van der Waals surface area contributed by atoms with Crippen molar-refractivity contribution in [1.29, 1.82) is 0 Å². The lowest BCUT2D eigenvalue weighted by molar-refractivity contribution is -0.386. The van der Waals surface area contributed by atoms with E-state index in [9.17, 15) is 14.5 Å². The fourth-order valence-electron chi connectivity index (χ4n) is 1.45. The lowest BCUT2D eigenvalue weighted by atomic mass is 10.2. The zero-order chi connectivity index (χ0) is 13.8. The first-order valence-corrected chi connectivity index (χ1v) is 5.61. The second-order valence-electron chi connectivity index (χ2n) is 3.64. The number of nitro benzene ring substituents is 1. The Balaban J connectivity index is 2.19. The lowest BCUT2D eigenvalue weighted by Gasteiger charge is -2.07. The number of hydrogen-bond acceptors (Lipinski definition) is 4. The Bertz CT molecular complexity index is 622. The average molecular weight is 283 g/mol. The molecular formula is C12H8ClFN2O3. The molecule has 0 fully saturated rings. The highest BCUT2D eigenvalue weighted by molar-refractivity contribution is 6.29. The molecule has 0 atom stereocenters. The third-order valence-electron chi connectivity index (χ3n) is 2.30. The van der Waals surface area contributed by atoms with E-state index in [4.69, 9.17) is 16.3 Å². The standard InChI is InChI=1S/C12H8ClFN2O3/c13-12-5-8(3-4-15-12)7-19-11-6-9(14)1-2-10(11)16(17)18/h1-6H,7H2. The van der Waals surface area contributed by atoms with Crippen molar-refractivity contribution in [3.8, 4) is 5.75 Å². The smallest absolute Gasteiger partial charge is 0.311 e. The van der Waals surface area contributed by atoms with Crippen LogP contribution >= 0.6 is 11.6 Å². The van der Waals surface area contributed by atoms with E-state index in [2.05, 4.69) is 4.98 Å². The SMILES string of the molecule is O=[N+]([O-])c1ccc(F)cc1OCc1ccnc(Cl)c1. The molecule has 1 heterocycles. The van der Waals surface area contributed by atoms with Gasteiger partial charge in [0, 0.05) is 18.3 Å². The summed E-state index contributed by atoms with van der Waals surface area (Å²) in [4.78, 5) is 13.9. The summed E-state index contributed by atoms with van der Waals surface area (Å²) in [6, 6.07) is 6.25. The zero-order valence-electron chi connectivity index (χ0n) is 9.55. The van der Waals surface area contributed by atoms with Crippen LogP contribution in [0.4, 0.5) is 10.1 Å². The van der Waals surface area contributed by atoms with Crippen molar-refractivity contribution in [2.45, 2.75) is 6.61 Å². The van der Waals surface area contributed by atoms with E-state index < -0.39 is 10.7 Å². The highest BCUT2D eigenvalue weighted by Crippen LogP contribution is 2.28. The first-order chi connectivity index (χ1) is 9.06. The van der Waals surface area contributed by atoms with Gasteiger partial charge in [-0.2, -0.15) is 0 Å². The molecule has 0 bridgehead atoms. The summed E-state index contributed by atoms with van der Waals surface area (Å²) in [7, 11) is 0. The molecular weight excluding hydrogens is 275 g/mol. The van der Waals surface area contributed by atoms with Gasteiger partial charge in [0.1, 0.15) is 17.6 Å². The molecule has 0 aliphatic carbocycles. The number of aromatic nitrogens is 1. The summed E-state index contributed by atoms with van der Waals surface area (Å²) in [5.41, 5.74) is 0.389. The maximum absolute atomic E-state index is 13.1. The predicted octanol–water partition coefficient (Wildman–Crippen LogP) is 3.36. The number of nitrogens with zero attached hydrogens (tertiary/aromatic N) is 2. The van der Waals surface area contributed by atoms with Crippen LogP contribution in [0.15, 0.2) is 36.5 Å². The van der Waals surface area contributed by atoms with Gasteiger partial charge in [-0.1, -0.05) is 11.6 Å². The van der Waals surface area contributed by atoms with Gasteiger partial charge in [0.05, 0.1) is 4.92 Å². The van der Waals surface area contributed by atoms with Gasteiger partial charge >= 0.3 is 5.69 Å². The molecule has 0 saturated heterocycles. The Morgan fingerprint density at radius 3 is 2.84 bits per heavy atom. The maximum atomic E-state index is 13.1. The highest BCUT2D eigenvalue weighted by Gasteiger charge is 2.15. The van der Waals surface area contributed by atoms with Gasteiger partial charge in [-0.05, 0) is 23.8 Å². The number of ether oxygens (including phenoxy) is 1. The lowest BCUT2D eigenvalue weighted by Crippen LogP contribution is -2.00. The van der Waals surface area contributed by atoms with Crippen LogP contribution in [0.1, 0.15) is 5.56 Å². The van der Waals surface area contributed by atoms with Gasteiger partial charge in [0.15, 0.2) is 5.75 Å². The van der Waals surface area contributed by atoms with Crippen LogP contribution in [0.25, 0.3) is 0 Å². The van der Waals surface area contributed by atoms with Gasteiger partial charge in [-0.15, -0.1) is 0 Å². The van der Waals surface area contributed by atoms with E-state index in [0.29, 0.717) is 5.56 Å². The number of pyridine rings is 1. The molecule has 0 saturated carbocycles. The molecule has 0 amide bonds. The Kier molecular flexibility index (Phi) is 3.91. The van der Waals surface area contributed by atoms with Crippen LogP contribution < -0.4 is 4.74 Å². The van der Waals surface area contributed by atoms with Crippen molar-refractivity contribution in [2.24, 2.45) is 0 Å². The zero-order valence-corrected chi connectivity index (χ0v) is 10.3. The van der Waals surface area contributed by atoms with Crippen molar-refractivity contribution in [2.75, 3.05) is 0 Å².